The van der Waals surface area contributed by atoms with Gasteiger partial charge in [0, 0.05) is 18.5 Å². The number of nitrogens with zero attached hydrogens (tertiary/aromatic N) is 1. The average Bonchev–Trinajstić information content (AvgIpc) is 2.55. The minimum absolute atomic E-state index is 0.263. The van der Waals surface area contributed by atoms with Crippen molar-refractivity contribution in [2.24, 2.45) is 23.5 Å². The summed E-state index contributed by atoms with van der Waals surface area (Å²) in [7, 11) is 0. The van der Waals surface area contributed by atoms with Gasteiger partial charge in [0.25, 0.3) is 0 Å². The quantitative estimate of drug-likeness (QED) is 0.816. The lowest BCUT2D eigenvalue weighted by atomic mass is 9.89. The van der Waals surface area contributed by atoms with E-state index in [0.29, 0.717) is 5.92 Å². The van der Waals surface area contributed by atoms with Crippen molar-refractivity contribution < 1.29 is 4.74 Å². The van der Waals surface area contributed by atoms with Crippen molar-refractivity contribution in [3.8, 4) is 0 Å². The van der Waals surface area contributed by atoms with Gasteiger partial charge >= 0.3 is 0 Å². The van der Waals surface area contributed by atoms with E-state index in [1.54, 1.807) is 0 Å². The highest BCUT2D eigenvalue weighted by Gasteiger charge is 2.28. The summed E-state index contributed by atoms with van der Waals surface area (Å²) in [5.74, 6) is 2.33. The van der Waals surface area contributed by atoms with Gasteiger partial charge in [-0.2, -0.15) is 0 Å². The molecule has 3 nitrogen and oxygen atoms in total. The predicted molar refractivity (Wildman–Crippen MR) is 70.9 cm³/mol. The zero-order valence-electron chi connectivity index (χ0n) is 11.4. The molecular weight excluding hydrogens is 212 g/mol. The van der Waals surface area contributed by atoms with Crippen LogP contribution in [-0.2, 0) is 4.74 Å². The SMILES string of the molecule is CC(C)C1CCCN(CC2COCC2N)CC1. The zero-order valence-corrected chi connectivity index (χ0v) is 11.4. The smallest absolute Gasteiger partial charge is 0.0621 e. The van der Waals surface area contributed by atoms with Gasteiger partial charge in [0.1, 0.15) is 0 Å². The van der Waals surface area contributed by atoms with Crippen LogP contribution in [0.15, 0.2) is 0 Å². The number of nitrogens with two attached hydrogens (primary N) is 1. The summed E-state index contributed by atoms with van der Waals surface area (Å²) in [4.78, 5) is 2.61. The van der Waals surface area contributed by atoms with Crippen molar-refractivity contribution in [3.63, 3.8) is 0 Å². The highest BCUT2D eigenvalue weighted by atomic mass is 16.5. The Morgan fingerprint density at radius 3 is 2.71 bits per heavy atom. The third-order valence-electron chi connectivity index (χ3n) is 4.55. The minimum Gasteiger partial charge on any atom is -0.379 e. The number of likely N-dealkylation sites (tertiary alicyclic amines) is 1. The maximum atomic E-state index is 6.06. The maximum Gasteiger partial charge on any atom is 0.0621 e. The van der Waals surface area contributed by atoms with Crippen LogP contribution in [0.1, 0.15) is 33.1 Å². The van der Waals surface area contributed by atoms with Crippen LogP contribution in [0.4, 0.5) is 0 Å². The van der Waals surface area contributed by atoms with E-state index in [1.165, 1.54) is 32.4 Å². The second-order valence-electron chi connectivity index (χ2n) is 6.20. The maximum absolute atomic E-state index is 6.06. The van der Waals surface area contributed by atoms with Crippen LogP contribution in [0.5, 0.6) is 0 Å². The topological polar surface area (TPSA) is 38.5 Å². The molecule has 0 aliphatic carbocycles. The molecule has 0 aromatic carbocycles. The van der Waals surface area contributed by atoms with E-state index >= 15 is 0 Å². The van der Waals surface area contributed by atoms with Crippen LogP contribution in [0.3, 0.4) is 0 Å². The Labute approximate surface area is 106 Å². The molecule has 2 fully saturated rings. The molecule has 0 bridgehead atoms. The van der Waals surface area contributed by atoms with E-state index < -0.39 is 0 Å². The lowest BCUT2D eigenvalue weighted by molar-refractivity contribution is 0.167. The summed E-state index contributed by atoms with van der Waals surface area (Å²) < 4.78 is 5.45. The molecule has 2 N–H and O–H groups in total. The van der Waals surface area contributed by atoms with Crippen molar-refractivity contribution in [2.45, 2.75) is 39.2 Å². The first-order valence-corrected chi connectivity index (χ1v) is 7.22. The number of ether oxygens (including phenoxy) is 1. The molecule has 0 amide bonds. The van der Waals surface area contributed by atoms with Gasteiger partial charge in [-0.1, -0.05) is 13.8 Å². The van der Waals surface area contributed by atoms with Crippen molar-refractivity contribution in [1.82, 2.24) is 4.90 Å². The Kier molecular flexibility index (Phi) is 4.83. The van der Waals surface area contributed by atoms with E-state index in [-0.39, 0.29) is 6.04 Å². The van der Waals surface area contributed by atoms with Crippen LogP contribution in [0, 0.1) is 17.8 Å². The first-order chi connectivity index (χ1) is 8.16. The Morgan fingerprint density at radius 1 is 1.24 bits per heavy atom. The second kappa shape index (κ2) is 6.17. The van der Waals surface area contributed by atoms with Gasteiger partial charge < -0.3 is 15.4 Å². The molecule has 2 aliphatic rings. The third-order valence-corrected chi connectivity index (χ3v) is 4.55. The van der Waals surface area contributed by atoms with Gasteiger partial charge in [0.15, 0.2) is 0 Å². The normalized spacial score (nSPS) is 36.4. The van der Waals surface area contributed by atoms with Gasteiger partial charge in [-0.05, 0) is 44.2 Å². The zero-order chi connectivity index (χ0) is 12.3. The fourth-order valence-electron chi connectivity index (χ4n) is 3.17. The molecule has 0 aromatic heterocycles. The molecule has 0 saturated carbocycles. The number of rotatable bonds is 3. The molecular formula is C14H28N2O. The predicted octanol–water partition coefficient (Wildman–Crippen LogP) is 1.72. The molecule has 2 heterocycles. The monoisotopic (exact) mass is 240 g/mol. The first-order valence-electron chi connectivity index (χ1n) is 7.22. The van der Waals surface area contributed by atoms with Gasteiger partial charge in [0.05, 0.1) is 13.2 Å². The van der Waals surface area contributed by atoms with E-state index in [4.69, 9.17) is 10.5 Å². The average molecular weight is 240 g/mol. The van der Waals surface area contributed by atoms with E-state index in [0.717, 1.165) is 31.6 Å². The van der Waals surface area contributed by atoms with E-state index in [2.05, 4.69) is 18.7 Å². The van der Waals surface area contributed by atoms with Crippen LogP contribution >= 0.6 is 0 Å². The summed E-state index contributed by atoms with van der Waals surface area (Å²) in [5, 5.41) is 0. The number of hydrogen-bond donors (Lipinski definition) is 1. The minimum atomic E-state index is 0.263. The van der Waals surface area contributed by atoms with Crippen LogP contribution < -0.4 is 5.73 Å². The highest BCUT2D eigenvalue weighted by molar-refractivity contribution is 4.82. The molecule has 2 aliphatic heterocycles. The molecule has 2 rings (SSSR count). The molecule has 2 saturated heterocycles. The van der Waals surface area contributed by atoms with E-state index in [9.17, 15) is 0 Å². The Hall–Kier alpha value is -0.120. The molecule has 3 unspecified atom stereocenters. The molecule has 3 heteroatoms. The Bertz CT molecular complexity index is 232. The van der Waals surface area contributed by atoms with Crippen molar-refractivity contribution in [1.29, 1.82) is 0 Å². The summed E-state index contributed by atoms with van der Waals surface area (Å²) >= 11 is 0. The lowest BCUT2D eigenvalue weighted by Gasteiger charge is -2.25. The molecule has 100 valence electrons. The Balaban J connectivity index is 1.78. The molecule has 0 spiro atoms. The largest absolute Gasteiger partial charge is 0.379 e. The third kappa shape index (κ3) is 3.67. The fourth-order valence-corrected chi connectivity index (χ4v) is 3.17. The van der Waals surface area contributed by atoms with Crippen LogP contribution in [0.25, 0.3) is 0 Å². The van der Waals surface area contributed by atoms with Crippen LogP contribution in [-0.4, -0.2) is 43.8 Å². The van der Waals surface area contributed by atoms with Gasteiger partial charge in [-0.25, -0.2) is 0 Å². The number of hydrogen-bond acceptors (Lipinski definition) is 3. The fraction of sp³-hybridized carbons (Fsp3) is 1.00. The summed E-state index contributed by atoms with van der Waals surface area (Å²) in [5.41, 5.74) is 6.06. The highest BCUT2D eigenvalue weighted by Crippen LogP contribution is 2.25. The molecule has 3 atom stereocenters. The lowest BCUT2D eigenvalue weighted by Crippen LogP contribution is -2.39. The van der Waals surface area contributed by atoms with Crippen LogP contribution in [0.2, 0.25) is 0 Å². The first kappa shape index (κ1) is 13.3. The van der Waals surface area contributed by atoms with E-state index in [1.807, 2.05) is 0 Å². The van der Waals surface area contributed by atoms with Gasteiger partial charge in [-0.3, -0.25) is 0 Å². The molecule has 0 aromatic rings. The second-order valence-corrected chi connectivity index (χ2v) is 6.20. The molecule has 0 radical (unpaired) electrons. The van der Waals surface area contributed by atoms with Gasteiger partial charge in [-0.15, -0.1) is 0 Å². The summed E-state index contributed by atoms with van der Waals surface area (Å²) in [6, 6.07) is 0.263. The van der Waals surface area contributed by atoms with Crippen molar-refractivity contribution in [3.05, 3.63) is 0 Å². The summed E-state index contributed by atoms with van der Waals surface area (Å²) in [6.45, 7) is 10.0. The van der Waals surface area contributed by atoms with Crippen molar-refractivity contribution >= 4 is 0 Å². The van der Waals surface area contributed by atoms with Gasteiger partial charge in [0.2, 0.25) is 0 Å². The standard InChI is InChI=1S/C14H28N2O/c1-11(2)12-4-3-6-16(7-5-12)8-13-9-17-10-14(13)15/h11-14H,3-10,15H2,1-2H3. The molecule has 17 heavy (non-hydrogen) atoms. The summed E-state index contributed by atoms with van der Waals surface area (Å²) in [6.07, 6.45) is 4.12. The Morgan fingerprint density at radius 2 is 2.06 bits per heavy atom. The van der Waals surface area contributed by atoms with Crippen molar-refractivity contribution in [2.75, 3.05) is 32.8 Å².